The molecule has 0 saturated carbocycles. The van der Waals surface area contributed by atoms with Crippen LogP contribution < -0.4 is 0 Å². The molecule has 1 fully saturated rings. The molecule has 3 N–H and O–H groups in total. The van der Waals surface area contributed by atoms with Crippen LogP contribution in [0.15, 0.2) is 0 Å². The summed E-state index contributed by atoms with van der Waals surface area (Å²) in [6.45, 7) is 1.87. The van der Waals surface area contributed by atoms with Gasteiger partial charge in [-0.2, -0.15) is 0 Å². The summed E-state index contributed by atoms with van der Waals surface area (Å²) in [4.78, 5) is 11.9. The van der Waals surface area contributed by atoms with Crippen molar-refractivity contribution < 1.29 is 29.6 Å². The standard InChI is InChI=1S/C23H44O6/c1-2-3-4-5-6-7-8-9-10-11-12-13-14-15-16-21(25)29-20-18-28-19(17-24)22(26)23(20)27/h19-20,22-24,26-27H,2-18H2,1H3/t19-,20-,22-,23-/m1/s1. The summed E-state index contributed by atoms with van der Waals surface area (Å²) < 4.78 is 10.4. The van der Waals surface area contributed by atoms with Crippen LogP contribution in [0.4, 0.5) is 0 Å². The molecule has 1 saturated heterocycles. The van der Waals surface area contributed by atoms with E-state index < -0.39 is 24.4 Å². The fraction of sp³-hybridized carbons (Fsp3) is 0.957. The molecule has 0 amide bonds. The van der Waals surface area contributed by atoms with Gasteiger partial charge in [0, 0.05) is 6.42 Å². The molecule has 0 unspecified atom stereocenters. The maximum Gasteiger partial charge on any atom is 0.306 e. The van der Waals surface area contributed by atoms with Gasteiger partial charge in [0.25, 0.3) is 0 Å². The zero-order valence-electron chi connectivity index (χ0n) is 18.4. The van der Waals surface area contributed by atoms with E-state index >= 15 is 0 Å². The second-order valence-corrected chi connectivity index (χ2v) is 8.41. The van der Waals surface area contributed by atoms with Crippen molar-refractivity contribution in [2.24, 2.45) is 0 Å². The highest BCUT2D eigenvalue weighted by atomic mass is 16.6. The van der Waals surface area contributed by atoms with Crippen LogP contribution in [-0.4, -0.2) is 58.9 Å². The number of aliphatic hydroxyl groups excluding tert-OH is 3. The molecule has 1 aliphatic heterocycles. The summed E-state index contributed by atoms with van der Waals surface area (Å²) in [6, 6.07) is 0. The predicted octanol–water partition coefficient (Wildman–Crippen LogP) is 3.88. The number of ether oxygens (including phenoxy) is 2. The highest BCUT2D eigenvalue weighted by Gasteiger charge is 2.40. The Kier molecular flexibility index (Phi) is 15.5. The van der Waals surface area contributed by atoms with Crippen LogP contribution in [0.3, 0.4) is 0 Å². The first kappa shape index (κ1) is 26.3. The predicted molar refractivity (Wildman–Crippen MR) is 114 cm³/mol. The monoisotopic (exact) mass is 416 g/mol. The van der Waals surface area contributed by atoms with Crippen molar-refractivity contribution in [1.82, 2.24) is 0 Å². The molecule has 1 aliphatic rings. The average molecular weight is 417 g/mol. The Balaban J connectivity index is 1.90. The first-order valence-electron chi connectivity index (χ1n) is 11.9. The van der Waals surface area contributed by atoms with E-state index in [2.05, 4.69) is 6.92 Å². The molecule has 0 aromatic heterocycles. The third-order valence-electron chi connectivity index (χ3n) is 5.78. The molecule has 29 heavy (non-hydrogen) atoms. The number of aliphatic hydroxyl groups is 3. The number of esters is 1. The number of carbonyl (C=O) groups excluding carboxylic acids is 1. The van der Waals surface area contributed by atoms with E-state index in [4.69, 9.17) is 14.6 Å². The third-order valence-corrected chi connectivity index (χ3v) is 5.78. The molecule has 0 aromatic rings. The quantitative estimate of drug-likeness (QED) is 0.246. The SMILES string of the molecule is CCCCCCCCCCCCCCCCC(=O)O[C@@H]1CO[C@H](CO)[C@@H](O)[C@@H]1O. The van der Waals surface area contributed by atoms with Crippen molar-refractivity contribution in [3.8, 4) is 0 Å². The molecule has 4 atom stereocenters. The van der Waals surface area contributed by atoms with Crippen LogP contribution in [0.5, 0.6) is 0 Å². The highest BCUT2D eigenvalue weighted by molar-refractivity contribution is 5.69. The van der Waals surface area contributed by atoms with E-state index in [0.717, 1.165) is 19.3 Å². The van der Waals surface area contributed by atoms with Gasteiger partial charge in [0.2, 0.25) is 0 Å². The van der Waals surface area contributed by atoms with Gasteiger partial charge in [-0.05, 0) is 6.42 Å². The van der Waals surface area contributed by atoms with Crippen LogP contribution >= 0.6 is 0 Å². The summed E-state index contributed by atoms with van der Waals surface area (Å²) in [5.74, 6) is -0.369. The maximum absolute atomic E-state index is 11.9. The summed E-state index contributed by atoms with van der Waals surface area (Å²) in [5.41, 5.74) is 0. The molecule has 0 spiro atoms. The molecule has 172 valence electrons. The van der Waals surface area contributed by atoms with Gasteiger partial charge in [-0.25, -0.2) is 0 Å². The molecule has 0 radical (unpaired) electrons. The fourth-order valence-corrected chi connectivity index (χ4v) is 3.81. The van der Waals surface area contributed by atoms with Crippen LogP contribution in [0, 0.1) is 0 Å². The molecule has 1 rings (SSSR count). The second-order valence-electron chi connectivity index (χ2n) is 8.41. The maximum atomic E-state index is 11.9. The minimum absolute atomic E-state index is 0.00602. The Hall–Kier alpha value is -0.690. The Labute approximate surface area is 177 Å². The molecule has 0 aliphatic carbocycles. The van der Waals surface area contributed by atoms with E-state index in [9.17, 15) is 15.0 Å². The fourth-order valence-electron chi connectivity index (χ4n) is 3.81. The van der Waals surface area contributed by atoms with Gasteiger partial charge >= 0.3 is 5.97 Å². The molecule has 6 heteroatoms. The van der Waals surface area contributed by atoms with Crippen molar-refractivity contribution >= 4 is 5.97 Å². The number of hydrogen-bond donors (Lipinski definition) is 3. The lowest BCUT2D eigenvalue weighted by Gasteiger charge is -2.36. The van der Waals surface area contributed by atoms with Gasteiger partial charge in [0.15, 0.2) is 6.10 Å². The van der Waals surface area contributed by atoms with Crippen LogP contribution in [-0.2, 0) is 14.3 Å². The van der Waals surface area contributed by atoms with Crippen molar-refractivity contribution in [2.45, 2.75) is 128 Å². The Morgan fingerprint density at radius 1 is 0.828 bits per heavy atom. The zero-order valence-corrected chi connectivity index (χ0v) is 18.4. The van der Waals surface area contributed by atoms with Crippen molar-refractivity contribution in [1.29, 1.82) is 0 Å². The Bertz CT molecular complexity index is 403. The number of rotatable bonds is 17. The van der Waals surface area contributed by atoms with E-state index in [0.29, 0.717) is 6.42 Å². The first-order chi connectivity index (χ1) is 14.1. The van der Waals surface area contributed by atoms with E-state index in [1.165, 1.54) is 70.6 Å². The topological polar surface area (TPSA) is 96.2 Å². The smallest absolute Gasteiger partial charge is 0.306 e. The van der Waals surface area contributed by atoms with Gasteiger partial charge in [-0.1, -0.05) is 90.4 Å². The normalized spacial score (nSPS) is 24.6. The minimum Gasteiger partial charge on any atom is -0.457 e. The molecule has 0 bridgehead atoms. The number of carbonyl (C=O) groups is 1. The summed E-state index contributed by atoms with van der Waals surface area (Å²) in [7, 11) is 0. The van der Waals surface area contributed by atoms with E-state index in [1.54, 1.807) is 0 Å². The van der Waals surface area contributed by atoms with Crippen LogP contribution in [0.2, 0.25) is 0 Å². The third kappa shape index (κ3) is 11.9. The minimum atomic E-state index is -1.24. The van der Waals surface area contributed by atoms with Gasteiger partial charge in [0.05, 0.1) is 13.2 Å². The van der Waals surface area contributed by atoms with Crippen molar-refractivity contribution in [3.63, 3.8) is 0 Å². The van der Waals surface area contributed by atoms with Crippen molar-refractivity contribution in [2.75, 3.05) is 13.2 Å². The summed E-state index contributed by atoms with van der Waals surface area (Å²) >= 11 is 0. The van der Waals surface area contributed by atoms with Crippen LogP contribution in [0.25, 0.3) is 0 Å². The van der Waals surface area contributed by atoms with E-state index in [1.807, 2.05) is 0 Å². The lowest BCUT2D eigenvalue weighted by Crippen LogP contribution is -2.55. The molecule has 6 nitrogen and oxygen atoms in total. The summed E-state index contributed by atoms with van der Waals surface area (Å²) in [5, 5.41) is 28.8. The van der Waals surface area contributed by atoms with Gasteiger partial charge in [-0.15, -0.1) is 0 Å². The Morgan fingerprint density at radius 3 is 1.79 bits per heavy atom. The lowest BCUT2D eigenvalue weighted by atomic mass is 10.0. The van der Waals surface area contributed by atoms with Gasteiger partial charge in [-0.3, -0.25) is 4.79 Å². The van der Waals surface area contributed by atoms with Gasteiger partial charge in [0.1, 0.15) is 18.3 Å². The van der Waals surface area contributed by atoms with Gasteiger partial charge < -0.3 is 24.8 Å². The molecule has 0 aromatic carbocycles. The Morgan fingerprint density at radius 2 is 1.31 bits per heavy atom. The average Bonchev–Trinajstić information content (AvgIpc) is 2.72. The first-order valence-corrected chi connectivity index (χ1v) is 11.9. The van der Waals surface area contributed by atoms with Crippen LogP contribution in [0.1, 0.15) is 103 Å². The largest absolute Gasteiger partial charge is 0.457 e. The summed E-state index contributed by atoms with van der Waals surface area (Å²) in [6.07, 6.45) is 13.8. The second kappa shape index (κ2) is 17.0. The molecule has 1 heterocycles. The lowest BCUT2D eigenvalue weighted by molar-refractivity contribution is -0.210. The van der Waals surface area contributed by atoms with E-state index in [-0.39, 0.29) is 19.2 Å². The zero-order chi connectivity index (χ0) is 21.3. The number of hydrogen-bond acceptors (Lipinski definition) is 6. The molecular formula is C23H44O6. The van der Waals surface area contributed by atoms with Crippen molar-refractivity contribution in [3.05, 3.63) is 0 Å². The number of unbranched alkanes of at least 4 members (excludes halogenated alkanes) is 13. The highest BCUT2D eigenvalue weighted by Crippen LogP contribution is 2.19. The molecular weight excluding hydrogens is 372 g/mol.